The van der Waals surface area contributed by atoms with Crippen molar-refractivity contribution in [2.24, 2.45) is 5.41 Å². The molecule has 86 valence electrons. The molecule has 1 amide bonds. The summed E-state index contributed by atoms with van der Waals surface area (Å²) in [4.78, 5) is 12.0. The van der Waals surface area contributed by atoms with Crippen LogP contribution in [0.4, 0.5) is 5.69 Å². The zero-order valence-corrected chi connectivity index (χ0v) is 13.3. The summed E-state index contributed by atoms with van der Waals surface area (Å²) in [6.45, 7) is 1.94. The minimum atomic E-state index is -0.375. The highest BCUT2D eigenvalue weighted by Crippen LogP contribution is 2.66. The fraction of sp³-hybridized carbons (Fsp3) is 0.364. The molecule has 5 heteroatoms. The average molecular weight is 412 g/mol. The number of benzene rings is 1. The van der Waals surface area contributed by atoms with Crippen LogP contribution in [0.1, 0.15) is 13.3 Å². The van der Waals surface area contributed by atoms with Gasteiger partial charge in [-0.05, 0) is 37.6 Å². The molecule has 1 atom stereocenters. The maximum atomic E-state index is 12.0. The number of halogens is 3. The van der Waals surface area contributed by atoms with Gasteiger partial charge in [-0.3, -0.25) is 4.79 Å². The number of amides is 1. The summed E-state index contributed by atoms with van der Waals surface area (Å²) in [6, 6.07) is 7.55. The fourth-order valence-electron chi connectivity index (χ4n) is 1.45. The summed E-state index contributed by atoms with van der Waals surface area (Å²) in [7, 11) is 0. The number of carbonyl (C=O) groups excluding carboxylic acids is 1. The molecule has 1 N–H and O–H groups in total. The predicted molar refractivity (Wildman–Crippen MR) is 76.1 cm³/mol. The zero-order valence-electron chi connectivity index (χ0n) is 8.56. The van der Waals surface area contributed by atoms with E-state index in [0.29, 0.717) is 0 Å². The number of hydrogen-bond acceptors (Lipinski definition) is 1. The monoisotopic (exact) mass is 409 g/mol. The van der Waals surface area contributed by atoms with Gasteiger partial charge in [0, 0.05) is 10.2 Å². The molecule has 1 fully saturated rings. The maximum Gasteiger partial charge on any atom is 0.232 e. The molecule has 0 aromatic heterocycles. The van der Waals surface area contributed by atoms with Crippen LogP contribution in [0.15, 0.2) is 28.7 Å². The van der Waals surface area contributed by atoms with E-state index in [4.69, 9.17) is 0 Å². The SMILES string of the molecule is C[C@]1(C(=O)Nc2ccc(Br)cc2)CC1(Br)Br. The standard InChI is InChI=1S/C11H10Br3NO/c1-10(6-11(10,13)14)9(16)15-8-4-2-7(12)3-5-8/h2-5H,6H2,1H3,(H,15,16)/t10-/m1/s1. The molecule has 1 saturated carbocycles. The number of hydrogen-bond donors (Lipinski definition) is 1. The first-order valence-electron chi connectivity index (χ1n) is 4.80. The summed E-state index contributed by atoms with van der Waals surface area (Å²) in [5.74, 6) is 0.0311. The van der Waals surface area contributed by atoms with Crippen molar-refractivity contribution < 1.29 is 4.79 Å². The Labute approximate surface area is 120 Å². The summed E-state index contributed by atoms with van der Waals surface area (Å²) in [5, 5.41) is 2.91. The van der Waals surface area contributed by atoms with Crippen LogP contribution in [0.3, 0.4) is 0 Å². The van der Waals surface area contributed by atoms with Crippen molar-refractivity contribution in [2.75, 3.05) is 5.32 Å². The Bertz CT molecular complexity index is 429. The Morgan fingerprint density at radius 1 is 1.31 bits per heavy atom. The van der Waals surface area contributed by atoms with Crippen molar-refractivity contribution in [3.8, 4) is 0 Å². The number of rotatable bonds is 2. The van der Waals surface area contributed by atoms with Crippen molar-refractivity contribution in [1.82, 2.24) is 0 Å². The minimum Gasteiger partial charge on any atom is -0.326 e. The molecule has 0 bridgehead atoms. The topological polar surface area (TPSA) is 29.1 Å². The van der Waals surface area contributed by atoms with E-state index in [9.17, 15) is 4.79 Å². The normalized spacial score (nSPS) is 26.2. The van der Waals surface area contributed by atoms with Crippen LogP contribution < -0.4 is 5.32 Å². The van der Waals surface area contributed by atoms with Crippen molar-refractivity contribution in [2.45, 2.75) is 16.6 Å². The van der Waals surface area contributed by atoms with Crippen LogP contribution in [0.2, 0.25) is 0 Å². The molecule has 1 aromatic rings. The van der Waals surface area contributed by atoms with Gasteiger partial charge >= 0.3 is 0 Å². The fourth-order valence-corrected chi connectivity index (χ4v) is 3.19. The van der Waals surface area contributed by atoms with Crippen molar-refractivity contribution >= 4 is 59.4 Å². The second-order valence-corrected chi connectivity index (χ2v) is 8.86. The third-order valence-electron chi connectivity index (χ3n) is 2.86. The first kappa shape index (κ1) is 12.6. The van der Waals surface area contributed by atoms with Crippen LogP contribution in [0, 0.1) is 5.41 Å². The summed E-state index contributed by atoms with van der Waals surface area (Å²) in [6.07, 6.45) is 0.794. The Balaban J connectivity index is 2.07. The second-order valence-electron chi connectivity index (χ2n) is 4.17. The third kappa shape index (κ3) is 2.22. The van der Waals surface area contributed by atoms with Gasteiger partial charge in [0.1, 0.15) is 0 Å². The molecule has 0 aliphatic heterocycles. The summed E-state index contributed by atoms with van der Waals surface area (Å²) < 4.78 is 0.755. The number of anilines is 1. The van der Waals surface area contributed by atoms with Gasteiger partial charge in [0.05, 0.1) is 8.65 Å². The second kappa shape index (κ2) is 4.10. The van der Waals surface area contributed by atoms with Gasteiger partial charge in [-0.15, -0.1) is 0 Å². The molecule has 1 aliphatic rings. The molecule has 0 radical (unpaired) electrons. The van der Waals surface area contributed by atoms with Crippen LogP contribution in [0.25, 0.3) is 0 Å². The van der Waals surface area contributed by atoms with Gasteiger partial charge in [-0.2, -0.15) is 0 Å². The van der Waals surface area contributed by atoms with E-state index in [1.54, 1.807) is 0 Å². The smallest absolute Gasteiger partial charge is 0.232 e. The molecular weight excluding hydrogens is 402 g/mol. The Morgan fingerprint density at radius 2 is 1.81 bits per heavy atom. The molecule has 0 unspecified atom stereocenters. The molecule has 0 saturated heterocycles. The Hall–Kier alpha value is 0.130. The summed E-state index contributed by atoms with van der Waals surface area (Å²) in [5.41, 5.74) is 0.442. The lowest BCUT2D eigenvalue weighted by atomic mass is 10.1. The molecular formula is C11H10Br3NO. The Kier molecular flexibility index (Phi) is 3.23. The lowest BCUT2D eigenvalue weighted by Crippen LogP contribution is -2.25. The van der Waals surface area contributed by atoms with Crippen LogP contribution in [-0.4, -0.2) is 9.14 Å². The largest absolute Gasteiger partial charge is 0.326 e. The van der Waals surface area contributed by atoms with Crippen LogP contribution in [0.5, 0.6) is 0 Å². The van der Waals surface area contributed by atoms with E-state index in [2.05, 4.69) is 53.1 Å². The van der Waals surface area contributed by atoms with Gasteiger partial charge in [-0.25, -0.2) is 0 Å². The van der Waals surface area contributed by atoms with Crippen molar-refractivity contribution in [1.29, 1.82) is 0 Å². The number of alkyl halides is 2. The van der Waals surface area contributed by atoms with Crippen molar-refractivity contribution in [3.63, 3.8) is 0 Å². The number of nitrogens with one attached hydrogen (secondary N) is 1. The Morgan fingerprint density at radius 3 is 2.25 bits per heavy atom. The van der Waals surface area contributed by atoms with E-state index < -0.39 is 0 Å². The average Bonchev–Trinajstić information content (AvgIpc) is 2.71. The first-order valence-corrected chi connectivity index (χ1v) is 7.18. The van der Waals surface area contributed by atoms with Gasteiger partial charge < -0.3 is 5.32 Å². The quantitative estimate of drug-likeness (QED) is 0.723. The molecule has 1 aromatic carbocycles. The molecule has 1 aliphatic carbocycles. The molecule has 0 spiro atoms. The molecule has 16 heavy (non-hydrogen) atoms. The highest BCUT2D eigenvalue weighted by molar-refractivity contribution is 9.25. The van der Waals surface area contributed by atoms with Gasteiger partial charge in [0.2, 0.25) is 5.91 Å². The molecule has 2 nitrogen and oxygen atoms in total. The summed E-state index contributed by atoms with van der Waals surface area (Å²) >= 11 is 10.3. The zero-order chi connectivity index (χ0) is 12.0. The van der Waals surface area contributed by atoms with Crippen molar-refractivity contribution in [3.05, 3.63) is 28.7 Å². The third-order valence-corrected chi connectivity index (χ3v) is 5.70. The van der Waals surface area contributed by atoms with E-state index in [1.807, 2.05) is 31.2 Å². The van der Waals surface area contributed by atoms with Gasteiger partial charge in [0.15, 0.2) is 0 Å². The lowest BCUT2D eigenvalue weighted by Gasteiger charge is -2.12. The first-order chi connectivity index (χ1) is 7.35. The number of carbonyl (C=O) groups is 1. The molecule has 0 heterocycles. The molecule has 2 rings (SSSR count). The lowest BCUT2D eigenvalue weighted by molar-refractivity contribution is -0.120. The van der Waals surface area contributed by atoms with E-state index in [1.165, 1.54) is 0 Å². The van der Waals surface area contributed by atoms with E-state index in [0.717, 1.165) is 16.6 Å². The van der Waals surface area contributed by atoms with Crippen LogP contribution in [-0.2, 0) is 4.79 Å². The maximum absolute atomic E-state index is 12.0. The van der Waals surface area contributed by atoms with E-state index >= 15 is 0 Å². The van der Waals surface area contributed by atoms with Gasteiger partial charge in [0.25, 0.3) is 0 Å². The van der Waals surface area contributed by atoms with Crippen LogP contribution >= 0.6 is 47.8 Å². The van der Waals surface area contributed by atoms with E-state index in [-0.39, 0.29) is 14.6 Å². The van der Waals surface area contributed by atoms with Gasteiger partial charge in [-0.1, -0.05) is 47.8 Å². The minimum absolute atomic E-state index is 0.0311. The highest BCUT2D eigenvalue weighted by Gasteiger charge is 2.66. The highest BCUT2D eigenvalue weighted by atomic mass is 79.9. The predicted octanol–water partition coefficient (Wildman–Crippen LogP) is 4.28.